The lowest BCUT2D eigenvalue weighted by Crippen LogP contribution is -2.24. The molecule has 0 saturated carbocycles. The summed E-state index contributed by atoms with van der Waals surface area (Å²) in [6.07, 6.45) is 1.46. The van der Waals surface area contributed by atoms with Gasteiger partial charge in [-0.3, -0.25) is 18.6 Å². The molecule has 0 fully saturated rings. The number of carbonyl (C=O) groups is 1. The number of halogens is 1. The van der Waals surface area contributed by atoms with E-state index in [0.29, 0.717) is 58.7 Å². The van der Waals surface area contributed by atoms with Gasteiger partial charge in [-0.25, -0.2) is 0 Å². The monoisotopic (exact) mass is 473 g/mol. The smallest absolute Gasteiger partial charge is 0.272 e. The van der Waals surface area contributed by atoms with Crippen LogP contribution in [0.5, 0.6) is 5.75 Å². The summed E-state index contributed by atoms with van der Waals surface area (Å²) in [6.45, 7) is 4.70. The summed E-state index contributed by atoms with van der Waals surface area (Å²) in [4.78, 5) is 25.3. The minimum Gasteiger partial charge on any atom is -0.495 e. The molecule has 1 N–H and O–H groups in total. The highest BCUT2D eigenvalue weighted by Gasteiger charge is 2.18. The van der Waals surface area contributed by atoms with Gasteiger partial charge in [0.25, 0.3) is 5.56 Å². The molecule has 0 spiro atoms. The standard InChI is InChI=1S/C22H24ClN5O3S/c1-13(2)12-27-21(30)20-16(9-10-32-20)28-18(25-26-22(27)28)5-4-6-19(29)24-14-7-8-17(31-3)15(23)11-14/h7-11,13H,4-6,12H2,1-3H3,(H,24,29). The fourth-order valence-electron chi connectivity index (χ4n) is 3.65. The molecule has 4 rings (SSSR count). The zero-order valence-electron chi connectivity index (χ0n) is 18.1. The first-order chi connectivity index (χ1) is 15.4. The molecule has 3 aromatic heterocycles. The van der Waals surface area contributed by atoms with E-state index >= 15 is 0 Å². The third kappa shape index (κ3) is 4.35. The van der Waals surface area contributed by atoms with Gasteiger partial charge >= 0.3 is 0 Å². The number of ether oxygens (including phenoxy) is 1. The number of anilines is 1. The number of benzene rings is 1. The number of fused-ring (bicyclic) bond motifs is 3. The zero-order chi connectivity index (χ0) is 22.8. The number of nitrogens with zero attached hydrogens (tertiary/aromatic N) is 4. The zero-order valence-corrected chi connectivity index (χ0v) is 19.7. The molecule has 0 saturated heterocycles. The van der Waals surface area contributed by atoms with E-state index in [9.17, 15) is 9.59 Å². The van der Waals surface area contributed by atoms with Crippen molar-refractivity contribution in [3.05, 3.63) is 50.8 Å². The molecule has 0 unspecified atom stereocenters. The van der Waals surface area contributed by atoms with E-state index in [1.165, 1.54) is 11.3 Å². The summed E-state index contributed by atoms with van der Waals surface area (Å²) in [5.74, 6) is 2.02. The molecule has 0 aliphatic carbocycles. The second kappa shape index (κ2) is 9.30. The van der Waals surface area contributed by atoms with E-state index < -0.39 is 0 Å². The Morgan fingerprint density at radius 2 is 2.09 bits per heavy atom. The molecule has 0 radical (unpaired) electrons. The van der Waals surface area contributed by atoms with Crippen molar-refractivity contribution in [3.8, 4) is 5.75 Å². The van der Waals surface area contributed by atoms with Gasteiger partial charge in [0.05, 0.1) is 17.6 Å². The van der Waals surface area contributed by atoms with Crippen LogP contribution in [0.25, 0.3) is 16.0 Å². The lowest BCUT2D eigenvalue weighted by Gasteiger charge is -2.11. The van der Waals surface area contributed by atoms with Crippen LogP contribution >= 0.6 is 22.9 Å². The molecule has 0 bridgehead atoms. The maximum absolute atomic E-state index is 12.9. The highest BCUT2D eigenvalue weighted by atomic mass is 35.5. The molecular formula is C22H24ClN5O3S. The van der Waals surface area contributed by atoms with Gasteiger partial charge in [0.15, 0.2) is 0 Å². The Bertz CT molecular complexity index is 1340. The van der Waals surface area contributed by atoms with Gasteiger partial charge in [0.1, 0.15) is 16.3 Å². The van der Waals surface area contributed by atoms with Gasteiger partial charge in [-0.15, -0.1) is 21.5 Å². The third-order valence-corrected chi connectivity index (χ3v) is 6.25. The van der Waals surface area contributed by atoms with Gasteiger partial charge in [-0.1, -0.05) is 25.4 Å². The Kier molecular flexibility index (Phi) is 6.48. The summed E-state index contributed by atoms with van der Waals surface area (Å²) in [6, 6.07) is 7.03. The molecule has 32 heavy (non-hydrogen) atoms. The number of nitrogens with one attached hydrogen (secondary N) is 1. The Labute approximate surface area is 193 Å². The van der Waals surface area contributed by atoms with Crippen molar-refractivity contribution in [3.63, 3.8) is 0 Å². The minimum absolute atomic E-state index is 0.0346. The van der Waals surface area contributed by atoms with E-state index in [2.05, 4.69) is 29.4 Å². The third-order valence-electron chi connectivity index (χ3n) is 5.07. The topological polar surface area (TPSA) is 90.5 Å². The Hall–Kier alpha value is -2.91. The first-order valence-corrected chi connectivity index (χ1v) is 11.6. The predicted molar refractivity (Wildman–Crippen MR) is 127 cm³/mol. The van der Waals surface area contributed by atoms with Gasteiger partial charge in [-0.2, -0.15) is 0 Å². The molecule has 10 heteroatoms. The van der Waals surface area contributed by atoms with E-state index in [1.807, 2.05) is 15.8 Å². The minimum atomic E-state index is -0.113. The maximum atomic E-state index is 12.9. The van der Waals surface area contributed by atoms with Crippen LogP contribution in [0.15, 0.2) is 34.4 Å². The SMILES string of the molecule is COc1ccc(NC(=O)CCCc2nnc3n(CC(C)C)c(=O)c4sccc4n23)cc1Cl. The summed E-state index contributed by atoms with van der Waals surface area (Å²) < 4.78 is 9.45. The van der Waals surface area contributed by atoms with Crippen molar-refractivity contribution in [2.45, 2.75) is 39.7 Å². The number of aryl methyl sites for hydroxylation is 1. The number of hydrogen-bond donors (Lipinski definition) is 1. The number of methoxy groups -OCH3 is 1. The quantitative estimate of drug-likeness (QED) is 0.410. The van der Waals surface area contributed by atoms with Crippen LogP contribution in [0.2, 0.25) is 5.02 Å². The van der Waals surface area contributed by atoms with Crippen LogP contribution in [0.1, 0.15) is 32.5 Å². The lowest BCUT2D eigenvalue weighted by atomic mass is 10.2. The number of amides is 1. The second-order valence-corrected chi connectivity index (χ2v) is 9.27. The largest absolute Gasteiger partial charge is 0.495 e. The van der Waals surface area contributed by atoms with Crippen molar-refractivity contribution >= 4 is 50.5 Å². The number of rotatable bonds is 8. The van der Waals surface area contributed by atoms with Crippen LogP contribution in [0.4, 0.5) is 5.69 Å². The fraction of sp³-hybridized carbons (Fsp3) is 0.364. The van der Waals surface area contributed by atoms with Crippen LogP contribution in [0.3, 0.4) is 0 Å². The lowest BCUT2D eigenvalue weighted by molar-refractivity contribution is -0.116. The average molecular weight is 474 g/mol. The summed E-state index contributed by atoms with van der Waals surface area (Å²) in [5, 5.41) is 13.8. The van der Waals surface area contributed by atoms with Crippen LogP contribution in [-0.4, -0.2) is 32.2 Å². The molecule has 168 valence electrons. The first-order valence-electron chi connectivity index (χ1n) is 10.4. The van der Waals surface area contributed by atoms with Crippen LogP contribution < -0.4 is 15.6 Å². The fourth-order valence-corrected chi connectivity index (χ4v) is 4.73. The Morgan fingerprint density at radius 3 is 2.81 bits per heavy atom. The normalized spacial score (nSPS) is 11.5. The highest BCUT2D eigenvalue weighted by molar-refractivity contribution is 7.17. The van der Waals surface area contributed by atoms with E-state index in [1.54, 1.807) is 29.9 Å². The molecule has 0 aliphatic rings. The van der Waals surface area contributed by atoms with Gasteiger partial charge in [0.2, 0.25) is 11.7 Å². The van der Waals surface area contributed by atoms with Crippen molar-refractivity contribution < 1.29 is 9.53 Å². The Balaban J connectivity index is 1.50. The number of carbonyl (C=O) groups excluding carboxylic acids is 1. The maximum Gasteiger partial charge on any atom is 0.272 e. The average Bonchev–Trinajstić information content (AvgIpc) is 3.38. The molecule has 0 aliphatic heterocycles. The van der Waals surface area contributed by atoms with E-state index in [4.69, 9.17) is 16.3 Å². The van der Waals surface area contributed by atoms with E-state index in [-0.39, 0.29) is 11.5 Å². The highest BCUT2D eigenvalue weighted by Crippen LogP contribution is 2.27. The van der Waals surface area contributed by atoms with Crippen molar-refractivity contribution in [2.24, 2.45) is 5.92 Å². The molecular weight excluding hydrogens is 450 g/mol. The van der Waals surface area contributed by atoms with Crippen molar-refractivity contribution in [1.29, 1.82) is 0 Å². The number of aromatic nitrogens is 4. The molecule has 1 amide bonds. The van der Waals surface area contributed by atoms with Crippen molar-refractivity contribution in [2.75, 3.05) is 12.4 Å². The molecule has 8 nitrogen and oxygen atoms in total. The summed E-state index contributed by atoms with van der Waals surface area (Å²) >= 11 is 7.54. The molecule has 1 aromatic carbocycles. The van der Waals surface area contributed by atoms with Gasteiger partial charge in [0, 0.05) is 25.1 Å². The first kappa shape index (κ1) is 22.3. The molecule has 0 atom stereocenters. The van der Waals surface area contributed by atoms with Gasteiger partial charge in [-0.05, 0) is 42.0 Å². The Morgan fingerprint density at radius 1 is 1.28 bits per heavy atom. The second-order valence-electron chi connectivity index (χ2n) is 7.95. The van der Waals surface area contributed by atoms with Crippen molar-refractivity contribution in [1.82, 2.24) is 19.2 Å². The van der Waals surface area contributed by atoms with Gasteiger partial charge < -0.3 is 10.1 Å². The number of thiophene rings is 1. The molecule has 4 aromatic rings. The van der Waals surface area contributed by atoms with E-state index in [0.717, 1.165) is 11.3 Å². The molecule has 3 heterocycles. The van der Waals surface area contributed by atoms with Crippen LogP contribution in [0, 0.1) is 5.92 Å². The summed E-state index contributed by atoms with van der Waals surface area (Å²) in [5.41, 5.74) is 1.39. The summed E-state index contributed by atoms with van der Waals surface area (Å²) in [7, 11) is 1.54. The van der Waals surface area contributed by atoms with Crippen LogP contribution in [-0.2, 0) is 17.8 Å². The number of hydrogen-bond acceptors (Lipinski definition) is 6. The predicted octanol–water partition coefficient (Wildman–Crippen LogP) is 4.39.